The van der Waals surface area contributed by atoms with Gasteiger partial charge in [-0.05, 0) is 146 Å². The van der Waals surface area contributed by atoms with E-state index in [-0.39, 0.29) is 0 Å². The zero-order chi connectivity index (χ0) is 45.6. The zero-order valence-electron chi connectivity index (χ0n) is 36.3. The number of imidazole rings is 2. The van der Waals surface area contributed by atoms with E-state index in [9.17, 15) is 0 Å². The third-order valence-corrected chi connectivity index (χ3v) is 11.3. The summed E-state index contributed by atoms with van der Waals surface area (Å²) >= 11 is 12.3. The molecule has 4 aromatic heterocycles. The average Bonchev–Trinajstić information content (AvgIpc) is 4.21. The molecule has 2 N–H and O–H groups in total. The lowest BCUT2D eigenvalue weighted by Crippen LogP contribution is -1.87. The van der Waals surface area contributed by atoms with E-state index in [1.54, 1.807) is 28.4 Å². The molecule has 0 fully saturated rings. The van der Waals surface area contributed by atoms with Crippen LogP contribution in [-0.2, 0) is 0 Å². The van der Waals surface area contributed by atoms with E-state index in [1.165, 1.54) is 0 Å². The van der Waals surface area contributed by atoms with Crippen LogP contribution in [0.15, 0.2) is 179 Å². The van der Waals surface area contributed by atoms with Gasteiger partial charge >= 0.3 is 0 Å². The van der Waals surface area contributed by atoms with Crippen LogP contribution in [-0.4, -0.2) is 48.4 Å². The standard InChI is InChI=1S/2C27H21ClN2O3/c2*1-31-21-10-6-17(7-11-21)25-26(18-8-12-22(32-2)13-9-18)30-27(29-25)24-15-14-23(33-24)19-4-3-5-20(28)16-19/h2*3-16H,1-2H3,(H,29,30). The van der Waals surface area contributed by atoms with Crippen LogP contribution in [0, 0.1) is 0 Å². The first-order valence-corrected chi connectivity index (χ1v) is 21.5. The fourth-order valence-corrected chi connectivity index (χ4v) is 7.73. The molecule has 0 saturated heterocycles. The van der Waals surface area contributed by atoms with Crippen LogP contribution in [0.1, 0.15) is 0 Å². The fraction of sp³-hybridized carbons (Fsp3) is 0.0741. The van der Waals surface area contributed by atoms with Crippen LogP contribution in [0.3, 0.4) is 0 Å². The van der Waals surface area contributed by atoms with Gasteiger partial charge in [-0.15, -0.1) is 0 Å². The molecule has 0 atom stereocenters. The van der Waals surface area contributed by atoms with Crippen LogP contribution in [0.4, 0.5) is 0 Å². The number of aromatic nitrogens is 4. The van der Waals surface area contributed by atoms with Gasteiger partial charge in [0.1, 0.15) is 34.5 Å². The maximum absolute atomic E-state index is 6.14. The molecule has 0 radical (unpaired) electrons. The number of methoxy groups -OCH3 is 4. The number of H-pyrrole nitrogens is 2. The Bertz CT molecular complexity index is 2860. The normalized spacial score (nSPS) is 10.9. The van der Waals surface area contributed by atoms with Crippen molar-refractivity contribution in [2.75, 3.05) is 28.4 Å². The van der Waals surface area contributed by atoms with Gasteiger partial charge in [-0.2, -0.15) is 0 Å². The van der Waals surface area contributed by atoms with E-state index in [0.717, 1.165) is 90.7 Å². The Morgan fingerprint density at radius 2 is 0.682 bits per heavy atom. The van der Waals surface area contributed by atoms with Crippen LogP contribution in [0.2, 0.25) is 10.0 Å². The van der Waals surface area contributed by atoms with Gasteiger partial charge in [0.05, 0.1) is 51.2 Å². The molecule has 328 valence electrons. The number of nitrogens with zero attached hydrogens (tertiary/aromatic N) is 2. The molecule has 66 heavy (non-hydrogen) atoms. The first-order valence-electron chi connectivity index (χ1n) is 20.8. The smallest absolute Gasteiger partial charge is 0.174 e. The van der Waals surface area contributed by atoms with E-state index in [4.69, 9.17) is 61.0 Å². The van der Waals surface area contributed by atoms with E-state index >= 15 is 0 Å². The lowest BCUT2D eigenvalue weighted by atomic mass is 10.0. The number of furan rings is 2. The number of halogens is 2. The maximum atomic E-state index is 6.14. The summed E-state index contributed by atoms with van der Waals surface area (Å²) in [6, 6.07) is 54.2. The summed E-state index contributed by atoms with van der Waals surface area (Å²) < 4.78 is 33.5. The molecule has 10 nitrogen and oxygen atoms in total. The number of nitrogens with one attached hydrogen (secondary N) is 2. The minimum Gasteiger partial charge on any atom is -0.497 e. The number of hydrogen-bond donors (Lipinski definition) is 2. The molecule has 0 aliphatic rings. The SMILES string of the molecule is COc1ccc(-c2nc(-c3ccc(-c4cccc(Cl)c4)o3)[nH]c2-c2ccc(OC)cc2)cc1.COc1ccc(-c2nc(-c3ccc(-c4cccc(Cl)c4)o3)[nH]c2-c2ccc(OC)cc2)cc1. The van der Waals surface area contributed by atoms with Crippen molar-refractivity contribution in [2.45, 2.75) is 0 Å². The molecule has 4 heterocycles. The molecule has 0 unspecified atom stereocenters. The summed E-state index contributed by atoms with van der Waals surface area (Å²) in [5.74, 6) is 7.17. The van der Waals surface area contributed by atoms with Crippen molar-refractivity contribution in [1.82, 2.24) is 19.9 Å². The van der Waals surface area contributed by atoms with Crippen LogP contribution in [0.25, 0.3) is 90.8 Å². The van der Waals surface area contributed by atoms with Crippen molar-refractivity contribution in [3.8, 4) is 114 Å². The maximum Gasteiger partial charge on any atom is 0.174 e. The Balaban J connectivity index is 0.000000166. The van der Waals surface area contributed by atoms with Crippen LogP contribution < -0.4 is 18.9 Å². The lowest BCUT2D eigenvalue weighted by molar-refractivity contribution is 0.414. The molecule has 10 rings (SSSR count). The number of aromatic amines is 2. The minimum absolute atomic E-state index is 0.638. The van der Waals surface area contributed by atoms with Gasteiger partial charge in [-0.3, -0.25) is 0 Å². The second-order valence-corrected chi connectivity index (χ2v) is 15.8. The largest absolute Gasteiger partial charge is 0.497 e. The molecule has 0 aliphatic heterocycles. The average molecular weight is 914 g/mol. The topological polar surface area (TPSA) is 121 Å². The van der Waals surface area contributed by atoms with Crippen molar-refractivity contribution in [1.29, 1.82) is 0 Å². The molecule has 0 bridgehead atoms. The Morgan fingerprint density at radius 1 is 0.364 bits per heavy atom. The molecule has 0 aliphatic carbocycles. The molecule has 0 saturated carbocycles. The van der Waals surface area contributed by atoms with Gasteiger partial charge < -0.3 is 37.7 Å². The number of hydrogen-bond acceptors (Lipinski definition) is 8. The zero-order valence-corrected chi connectivity index (χ0v) is 37.8. The van der Waals surface area contributed by atoms with Gasteiger partial charge in [0.2, 0.25) is 0 Å². The summed E-state index contributed by atoms with van der Waals surface area (Å²) in [7, 11) is 6.61. The Morgan fingerprint density at radius 3 is 1.00 bits per heavy atom. The van der Waals surface area contributed by atoms with Gasteiger partial charge in [-0.25, -0.2) is 9.97 Å². The van der Waals surface area contributed by atoms with Crippen LogP contribution >= 0.6 is 23.2 Å². The third-order valence-electron chi connectivity index (χ3n) is 10.8. The Labute approximate surface area is 391 Å². The molecular weight excluding hydrogens is 872 g/mol. The first kappa shape index (κ1) is 43.3. The molecule has 10 aromatic rings. The highest BCUT2D eigenvalue weighted by atomic mass is 35.5. The van der Waals surface area contributed by atoms with Gasteiger partial charge in [0.15, 0.2) is 23.2 Å². The second-order valence-electron chi connectivity index (χ2n) is 14.9. The van der Waals surface area contributed by atoms with Crippen molar-refractivity contribution < 1.29 is 27.8 Å². The molecule has 0 amide bonds. The highest BCUT2D eigenvalue weighted by Crippen LogP contribution is 2.38. The highest BCUT2D eigenvalue weighted by Gasteiger charge is 2.20. The predicted octanol–water partition coefficient (Wildman–Crippen LogP) is 14.7. The molecule has 0 spiro atoms. The second kappa shape index (κ2) is 19.4. The van der Waals surface area contributed by atoms with E-state index in [2.05, 4.69) is 9.97 Å². The van der Waals surface area contributed by atoms with Crippen LogP contribution in [0.5, 0.6) is 23.0 Å². The van der Waals surface area contributed by atoms with Crippen molar-refractivity contribution in [2.24, 2.45) is 0 Å². The summed E-state index contributed by atoms with van der Waals surface area (Å²) in [6.07, 6.45) is 0. The first-order chi connectivity index (χ1) is 32.3. The summed E-state index contributed by atoms with van der Waals surface area (Å²) in [5, 5.41) is 1.32. The van der Waals surface area contributed by atoms with E-state index in [0.29, 0.717) is 33.2 Å². The molecule has 12 heteroatoms. The monoisotopic (exact) mass is 912 g/mol. The van der Waals surface area contributed by atoms with E-state index in [1.807, 2.05) is 170 Å². The Kier molecular flexibility index (Phi) is 12.8. The predicted molar refractivity (Wildman–Crippen MR) is 261 cm³/mol. The minimum atomic E-state index is 0.638. The third kappa shape index (κ3) is 9.46. The Hall–Kier alpha value is -7.92. The van der Waals surface area contributed by atoms with Gasteiger partial charge in [-0.1, -0.05) is 47.5 Å². The number of benzene rings is 6. The quantitative estimate of drug-likeness (QED) is 0.124. The van der Waals surface area contributed by atoms with E-state index < -0.39 is 0 Å². The summed E-state index contributed by atoms with van der Waals surface area (Å²) in [6.45, 7) is 0. The lowest BCUT2D eigenvalue weighted by Gasteiger charge is -2.06. The van der Waals surface area contributed by atoms with Crippen molar-refractivity contribution >= 4 is 23.2 Å². The number of ether oxygens (including phenoxy) is 4. The van der Waals surface area contributed by atoms with Crippen molar-refractivity contribution in [3.05, 3.63) is 180 Å². The fourth-order valence-electron chi connectivity index (χ4n) is 7.35. The summed E-state index contributed by atoms with van der Waals surface area (Å²) in [5.41, 5.74) is 9.13. The van der Waals surface area contributed by atoms with Gasteiger partial charge in [0, 0.05) is 43.4 Å². The van der Waals surface area contributed by atoms with Gasteiger partial charge in [0.25, 0.3) is 0 Å². The molecule has 6 aromatic carbocycles. The highest BCUT2D eigenvalue weighted by molar-refractivity contribution is 6.31. The molecular formula is C54H42Cl2N4O6. The van der Waals surface area contributed by atoms with Crippen molar-refractivity contribution in [3.63, 3.8) is 0 Å². The summed E-state index contributed by atoms with van der Waals surface area (Å²) in [4.78, 5) is 16.7. The number of rotatable bonds is 12.